The van der Waals surface area contributed by atoms with Crippen LogP contribution in [0.2, 0.25) is 0 Å². The second-order valence-corrected chi connectivity index (χ2v) is 7.39. The SMILES string of the molecule is CSCC[C@@H]1Oc2ccccc2[C@H]2CC(c3ccc(C)cc3)=NN12. The Morgan fingerprint density at radius 2 is 1.96 bits per heavy atom. The Morgan fingerprint density at radius 1 is 1.17 bits per heavy atom. The van der Waals surface area contributed by atoms with Crippen molar-refractivity contribution in [3.8, 4) is 5.75 Å². The van der Waals surface area contributed by atoms with Gasteiger partial charge in [-0.15, -0.1) is 0 Å². The van der Waals surface area contributed by atoms with Gasteiger partial charge in [-0.1, -0.05) is 48.0 Å². The maximum absolute atomic E-state index is 6.26. The molecule has 0 saturated heterocycles. The zero-order valence-electron chi connectivity index (χ0n) is 14.1. The molecule has 2 aromatic carbocycles. The van der Waals surface area contributed by atoms with E-state index in [1.165, 1.54) is 16.7 Å². The van der Waals surface area contributed by atoms with E-state index in [9.17, 15) is 0 Å². The normalized spacial score (nSPS) is 21.8. The number of ether oxygens (including phenoxy) is 1. The molecule has 0 aromatic heterocycles. The van der Waals surface area contributed by atoms with Crippen molar-refractivity contribution in [1.82, 2.24) is 5.01 Å². The quantitative estimate of drug-likeness (QED) is 0.813. The lowest BCUT2D eigenvalue weighted by atomic mass is 9.96. The molecule has 0 radical (unpaired) electrons. The number of benzene rings is 2. The summed E-state index contributed by atoms with van der Waals surface area (Å²) in [5, 5.41) is 7.15. The first-order valence-electron chi connectivity index (χ1n) is 8.43. The van der Waals surface area contributed by atoms with Crippen LogP contribution >= 0.6 is 11.8 Å². The van der Waals surface area contributed by atoms with Crippen LogP contribution in [0.3, 0.4) is 0 Å². The van der Waals surface area contributed by atoms with E-state index in [1.807, 2.05) is 11.8 Å². The van der Waals surface area contributed by atoms with Gasteiger partial charge < -0.3 is 4.74 Å². The van der Waals surface area contributed by atoms with Gasteiger partial charge in [-0.3, -0.25) is 5.01 Å². The Labute approximate surface area is 147 Å². The maximum atomic E-state index is 6.26. The van der Waals surface area contributed by atoms with Crippen molar-refractivity contribution >= 4 is 17.5 Å². The summed E-state index contributed by atoms with van der Waals surface area (Å²) in [5.41, 5.74) is 4.91. The molecule has 0 bridgehead atoms. The van der Waals surface area contributed by atoms with Crippen LogP contribution in [0.25, 0.3) is 0 Å². The molecule has 0 spiro atoms. The van der Waals surface area contributed by atoms with E-state index in [-0.39, 0.29) is 12.3 Å². The summed E-state index contributed by atoms with van der Waals surface area (Å²) in [4.78, 5) is 0. The lowest BCUT2D eigenvalue weighted by molar-refractivity contribution is -0.0180. The Kier molecular flexibility index (Phi) is 4.23. The van der Waals surface area contributed by atoms with Crippen LogP contribution in [0, 0.1) is 6.92 Å². The summed E-state index contributed by atoms with van der Waals surface area (Å²) in [6.45, 7) is 2.12. The minimum atomic E-state index is 0.0281. The zero-order chi connectivity index (χ0) is 16.5. The number of nitrogens with zero attached hydrogens (tertiary/aromatic N) is 2. The van der Waals surface area contributed by atoms with Crippen molar-refractivity contribution in [1.29, 1.82) is 0 Å². The van der Waals surface area contributed by atoms with Crippen LogP contribution in [0.1, 0.15) is 35.6 Å². The van der Waals surface area contributed by atoms with Crippen LogP contribution < -0.4 is 4.74 Å². The molecule has 2 aromatic rings. The number of rotatable bonds is 4. The largest absolute Gasteiger partial charge is 0.469 e. The third-order valence-electron chi connectivity index (χ3n) is 4.73. The molecule has 0 amide bonds. The van der Waals surface area contributed by atoms with Crippen LogP contribution in [0.5, 0.6) is 5.75 Å². The lowest BCUT2D eigenvalue weighted by Crippen LogP contribution is -2.40. The van der Waals surface area contributed by atoms with E-state index in [2.05, 4.69) is 66.7 Å². The van der Waals surface area contributed by atoms with Gasteiger partial charge in [-0.25, -0.2) is 0 Å². The fourth-order valence-corrected chi connectivity index (χ4v) is 3.88. The number of hydrogen-bond donors (Lipinski definition) is 0. The van der Waals surface area contributed by atoms with Crippen LogP contribution in [-0.4, -0.2) is 29.0 Å². The number of hydrazone groups is 1. The van der Waals surface area contributed by atoms with Gasteiger partial charge in [0.25, 0.3) is 0 Å². The molecule has 0 saturated carbocycles. The van der Waals surface area contributed by atoms with Gasteiger partial charge in [0.2, 0.25) is 0 Å². The van der Waals surface area contributed by atoms with Crippen molar-refractivity contribution in [2.24, 2.45) is 5.10 Å². The maximum Gasteiger partial charge on any atom is 0.188 e. The molecule has 0 unspecified atom stereocenters. The molecule has 24 heavy (non-hydrogen) atoms. The zero-order valence-corrected chi connectivity index (χ0v) is 14.9. The highest BCUT2D eigenvalue weighted by atomic mass is 32.2. The Morgan fingerprint density at radius 3 is 2.75 bits per heavy atom. The van der Waals surface area contributed by atoms with Gasteiger partial charge in [0, 0.05) is 18.4 Å². The average Bonchev–Trinajstić information content (AvgIpc) is 3.06. The van der Waals surface area contributed by atoms with Crippen molar-refractivity contribution in [2.75, 3.05) is 12.0 Å². The van der Waals surface area contributed by atoms with Crippen molar-refractivity contribution in [2.45, 2.75) is 32.0 Å². The predicted molar refractivity (Wildman–Crippen MR) is 101 cm³/mol. The third kappa shape index (κ3) is 2.80. The summed E-state index contributed by atoms with van der Waals surface area (Å²) in [5.74, 6) is 2.09. The fourth-order valence-electron chi connectivity index (χ4n) is 3.44. The summed E-state index contributed by atoms with van der Waals surface area (Å²) in [6, 6.07) is 17.4. The van der Waals surface area contributed by atoms with E-state index in [1.54, 1.807) is 0 Å². The lowest BCUT2D eigenvalue weighted by Gasteiger charge is -2.38. The molecule has 2 aliphatic heterocycles. The van der Waals surface area contributed by atoms with Crippen LogP contribution in [0.15, 0.2) is 53.6 Å². The Balaban J connectivity index is 1.68. The van der Waals surface area contributed by atoms with E-state index >= 15 is 0 Å². The first-order valence-corrected chi connectivity index (χ1v) is 9.83. The molecule has 4 rings (SSSR count). The molecular formula is C20H22N2OS. The van der Waals surface area contributed by atoms with Gasteiger partial charge in [0.1, 0.15) is 5.75 Å². The second-order valence-electron chi connectivity index (χ2n) is 6.40. The molecular weight excluding hydrogens is 316 g/mol. The summed E-state index contributed by atoms with van der Waals surface area (Å²) in [6.07, 6.45) is 4.09. The Bertz CT molecular complexity index is 756. The molecule has 0 N–H and O–H groups in total. The van der Waals surface area contributed by atoms with E-state index in [0.29, 0.717) is 0 Å². The standard InChI is InChI=1S/C20H22N2OS/c1-14-7-9-15(10-8-14)17-13-18-16-5-3-4-6-19(16)23-20(11-12-24-2)22(18)21-17/h3-10,18,20H,11-13H2,1-2H3/t18-,20+/m1/s1. The minimum absolute atomic E-state index is 0.0281. The number of thioether (sulfide) groups is 1. The molecule has 4 heteroatoms. The fraction of sp³-hybridized carbons (Fsp3) is 0.350. The van der Waals surface area contributed by atoms with Gasteiger partial charge in [-0.2, -0.15) is 16.9 Å². The first-order chi connectivity index (χ1) is 11.8. The van der Waals surface area contributed by atoms with Gasteiger partial charge in [0.05, 0.1) is 11.8 Å². The number of fused-ring (bicyclic) bond motifs is 3. The van der Waals surface area contributed by atoms with Crippen LogP contribution in [-0.2, 0) is 0 Å². The van der Waals surface area contributed by atoms with Crippen molar-refractivity contribution in [3.63, 3.8) is 0 Å². The molecule has 2 atom stereocenters. The van der Waals surface area contributed by atoms with Gasteiger partial charge in [-0.05, 0) is 30.6 Å². The van der Waals surface area contributed by atoms with Crippen molar-refractivity contribution < 1.29 is 4.74 Å². The van der Waals surface area contributed by atoms with Gasteiger partial charge >= 0.3 is 0 Å². The average molecular weight is 338 g/mol. The first kappa shape index (κ1) is 15.6. The molecule has 0 aliphatic carbocycles. The molecule has 0 fully saturated rings. The molecule has 2 aliphatic rings. The monoisotopic (exact) mass is 338 g/mol. The highest BCUT2D eigenvalue weighted by Crippen LogP contribution is 2.43. The molecule has 3 nitrogen and oxygen atoms in total. The highest BCUT2D eigenvalue weighted by Gasteiger charge is 2.39. The number of aryl methyl sites for hydroxylation is 1. The topological polar surface area (TPSA) is 24.8 Å². The highest BCUT2D eigenvalue weighted by molar-refractivity contribution is 7.98. The predicted octanol–water partition coefficient (Wildman–Crippen LogP) is 4.62. The van der Waals surface area contributed by atoms with Gasteiger partial charge in [0.15, 0.2) is 6.23 Å². The Hall–Kier alpha value is -1.94. The molecule has 124 valence electrons. The van der Waals surface area contributed by atoms with E-state index in [4.69, 9.17) is 9.84 Å². The van der Waals surface area contributed by atoms with E-state index < -0.39 is 0 Å². The second kappa shape index (κ2) is 6.52. The number of para-hydroxylation sites is 1. The summed E-state index contributed by atoms with van der Waals surface area (Å²) >= 11 is 1.85. The van der Waals surface area contributed by atoms with E-state index in [0.717, 1.165) is 30.1 Å². The smallest absolute Gasteiger partial charge is 0.188 e. The summed E-state index contributed by atoms with van der Waals surface area (Å²) in [7, 11) is 0. The van der Waals surface area contributed by atoms with Crippen LogP contribution in [0.4, 0.5) is 0 Å². The summed E-state index contributed by atoms with van der Waals surface area (Å²) < 4.78 is 6.26. The minimum Gasteiger partial charge on any atom is -0.469 e. The third-order valence-corrected chi connectivity index (χ3v) is 5.38. The van der Waals surface area contributed by atoms with Crippen molar-refractivity contribution in [3.05, 3.63) is 65.2 Å². The number of hydrogen-bond acceptors (Lipinski definition) is 4. The molecule has 2 heterocycles.